The molecule has 3 heterocycles. The highest BCUT2D eigenvalue weighted by Gasteiger charge is 2.32. The smallest absolute Gasteiger partial charge is 0.379 e. The van der Waals surface area contributed by atoms with Gasteiger partial charge in [0.15, 0.2) is 0 Å². The van der Waals surface area contributed by atoms with E-state index in [0.29, 0.717) is 5.69 Å². The van der Waals surface area contributed by atoms with E-state index in [0.717, 1.165) is 60.6 Å². The topological polar surface area (TPSA) is 63.2 Å². The molecule has 1 saturated heterocycles. The van der Waals surface area contributed by atoms with Gasteiger partial charge in [-0.3, -0.25) is 4.90 Å². The van der Waals surface area contributed by atoms with Gasteiger partial charge < -0.3 is 10.1 Å². The van der Waals surface area contributed by atoms with E-state index in [1.165, 1.54) is 0 Å². The maximum atomic E-state index is 12.8. The normalized spacial score (nSPS) is 15.4. The number of halogens is 3. The van der Waals surface area contributed by atoms with Crippen LogP contribution in [0.2, 0.25) is 0 Å². The number of aromatic nitrogens is 3. The Labute approximate surface area is 169 Å². The Bertz CT molecular complexity index is 972. The average Bonchev–Trinajstić information content (AvgIpc) is 3.17. The van der Waals surface area contributed by atoms with Crippen LogP contribution in [-0.2, 0) is 17.5 Å². The van der Waals surface area contributed by atoms with Gasteiger partial charge in [-0.05, 0) is 23.8 Å². The Balaban J connectivity index is 1.48. The molecule has 6 nitrogen and oxygen atoms in total. The second kappa shape index (κ2) is 8.44. The lowest BCUT2D eigenvalue weighted by atomic mass is 10.2. The summed E-state index contributed by atoms with van der Waals surface area (Å²) < 4.78 is 43.8. The minimum Gasteiger partial charge on any atom is -0.379 e. The summed E-state index contributed by atoms with van der Waals surface area (Å²) in [7, 11) is 0. The standard InChI is InChI=1S/C19H18F3N5OS/c20-19(21,22)16-4-5-23-18(26-16)25-14-3-1-2-13(10-14)15-11-24-17(29-15)12-27-6-8-28-9-7-27/h1-5,10-11H,6-9,12H2,(H,23,25,26). The summed E-state index contributed by atoms with van der Waals surface area (Å²) >= 11 is 1.60. The zero-order valence-electron chi connectivity index (χ0n) is 15.3. The minimum atomic E-state index is -4.51. The number of ether oxygens (including phenoxy) is 1. The molecule has 0 spiro atoms. The molecule has 0 radical (unpaired) electrons. The van der Waals surface area contributed by atoms with Crippen molar-refractivity contribution in [2.24, 2.45) is 0 Å². The van der Waals surface area contributed by atoms with Gasteiger partial charge in [-0.2, -0.15) is 13.2 Å². The van der Waals surface area contributed by atoms with Gasteiger partial charge in [-0.25, -0.2) is 15.0 Å². The SMILES string of the molecule is FC(F)(F)c1ccnc(Nc2cccc(-c3cnc(CN4CCOCC4)s3)c2)n1. The number of nitrogens with one attached hydrogen (secondary N) is 1. The molecule has 1 aliphatic rings. The van der Waals surface area contributed by atoms with Crippen molar-refractivity contribution < 1.29 is 17.9 Å². The van der Waals surface area contributed by atoms with Gasteiger partial charge in [-0.15, -0.1) is 11.3 Å². The highest BCUT2D eigenvalue weighted by Crippen LogP contribution is 2.30. The van der Waals surface area contributed by atoms with Crippen LogP contribution in [0, 0.1) is 0 Å². The van der Waals surface area contributed by atoms with E-state index in [4.69, 9.17) is 4.74 Å². The highest BCUT2D eigenvalue weighted by molar-refractivity contribution is 7.15. The van der Waals surface area contributed by atoms with Gasteiger partial charge in [0.25, 0.3) is 0 Å². The molecule has 152 valence electrons. The van der Waals surface area contributed by atoms with E-state index >= 15 is 0 Å². The maximum absolute atomic E-state index is 12.8. The third kappa shape index (κ3) is 5.08. The summed E-state index contributed by atoms with van der Waals surface area (Å²) in [5.41, 5.74) is 0.541. The number of hydrogen-bond donors (Lipinski definition) is 1. The monoisotopic (exact) mass is 421 g/mol. The number of morpholine rings is 1. The summed E-state index contributed by atoms with van der Waals surface area (Å²) in [4.78, 5) is 15.2. The lowest BCUT2D eigenvalue weighted by Gasteiger charge is -2.25. The number of hydrogen-bond acceptors (Lipinski definition) is 7. The molecule has 0 amide bonds. The van der Waals surface area contributed by atoms with Gasteiger partial charge >= 0.3 is 6.18 Å². The van der Waals surface area contributed by atoms with E-state index in [2.05, 4.69) is 25.2 Å². The number of benzene rings is 1. The Morgan fingerprint density at radius 2 is 1.97 bits per heavy atom. The van der Waals surface area contributed by atoms with E-state index in [-0.39, 0.29) is 5.95 Å². The van der Waals surface area contributed by atoms with E-state index in [1.807, 2.05) is 24.4 Å². The fraction of sp³-hybridized carbons (Fsp3) is 0.316. The van der Waals surface area contributed by atoms with Crippen LogP contribution in [-0.4, -0.2) is 46.2 Å². The maximum Gasteiger partial charge on any atom is 0.433 e. The molecule has 1 aliphatic heterocycles. The first-order valence-corrected chi connectivity index (χ1v) is 9.81. The molecular formula is C19H18F3N5OS. The molecule has 0 atom stereocenters. The Hall–Kier alpha value is -2.56. The Morgan fingerprint density at radius 1 is 1.14 bits per heavy atom. The first-order chi connectivity index (χ1) is 14.0. The molecule has 0 unspecified atom stereocenters. The average molecular weight is 421 g/mol. The van der Waals surface area contributed by atoms with Crippen LogP contribution in [0.3, 0.4) is 0 Å². The summed E-state index contributed by atoms with van der Waals surface area (Å²) in [5, 5.41) is 3.85. The minimum absolute atomic E-state index is 0.103. The van der Waals surface area contributed by atoms with Gasteiger partial charge in [0.1, 0.15) is 10.7 Å². The van der Waals surface area contributed by atoms with Crippen molar-refractivity contribution in [3.8, 4) is 10.4 Å². The molecule has 10 heteroatoms. The molecule has 1 fully saturated rings. The van der Waals surface area contributed by atoms with Crippen molar-refractivity contribution in [1.82, 2.24) is 19.9 Å². The van der Waals surface area contributed by atoms with Crippen molar-refractivity contribution in [1.29, 1.82) is 0 Å². The van der Waals surface area contributed by atoms with Crippen LogP contribution >= 0.6 is 11.3 Å². The molecule has 0 bridgehead atoms. The number of anilines is 2. The van der Waals surface area contributed by atoms with Crippen LogP contribution in [0.4, 0.5) is 24.8 Å². The summed E-state index contributed by atoms with van der Waals surface area (Å²) in [6, 6.07) is 8.20. The van der Waals surface area contributed by atoms with Gasteiger partial charge in [0, 0.05) is 31.2 Å². The lowest BCUT2D eigenvalue weighted by molar-refractivity contribution is -0.141. The predicted octanol–water partition coefficient (Wildman–Crippen LogP) is 4.19. The largest absolute Gasteiger partial charge is 0.433 e. The van der Waals surface area contributed by atoms with Crippen molar-refractivity contribution in [2.75, 3.05) is 31.6 Å². The van der Waals surface area contributed by atoms with E-state index in [1.54, 1.807) is 17.4 Å². The predicted molar refractivity (Wildman–Crippen MR) is 104 cm³/mol. The molecule has 3 aromatic rings. The molecule has 2 aromatic heterocycles. The highest BCUT2D eigenvalue weighted by atomic mass is 32.1. The summed E-state index contributed by atoms with van der Waals surface area (Å²) in [6.07, 6.45) is -1.61. The van der Waals surface area contributed by atoms with Crippen LogP contribution in [0.15, 0.2) is 42.7 Å². The molecule has 0 aliphatic carbocycles. The number of rotatable bonds is 5. The quantitative estimate of drug-likeness (QED) is 0.666. The fourth-order valence-corrected chi connectivity index (χ4v) is 3.88. The second-order valence-electron chi connectivity index (χ2n) is 6.48. The fourth-order valence-electron chi connectivity index (χ4n) is 2.92. The van der Waals surface area contributed by atoms with E-state index in [9.17, 15) is 13.2 Å². The van der Waals surface area contributed by atoms with Crippen LogP contribution in [0.5, 0.6) is 0 Å². The van der Waals surface area contributed by atoms with Gasteiger partial charge in [-0.1, -0.05) is 12.1 Å². The Kier molecular flexibility index (Phi) is 5.74. The van der Waals surface area contributed by atoms with Gasteiger partial charge in [0.05, 0.1) is 24.6 Å². The third-order valence-corrected chi connectivity index (χ3v) is 5.40. The van der Waals surface area contributed by atoms with Crippen LogP contribution in [0.25, 0.3) is 10.4 Å². The number of nitrogens with zero attached hydrogens (tertiary/aromatic N) is 4. The molecule has 29 heavy (non-hydrogen) atoms. The van der Waals surface area contributed by atoms with Crippen molar-refractivity contribution in [2.45, 2.75) is 12.7 Å². The van der Waals surface area contributed by atoms with E-state index < -0.39 is 11.9 Å². The zero-order valence-corrected chi connectivity index (χ0v) is 16.1. The number of alkyl halides is 3. The van der Waals surface area contributed by atoms with Crippen LogP contribution < -0.4 is 5.32 Å². The zero-order chi connectivity index (χ0) is 20.3. The number of thiazole rings is 1. The Morgan fingerprint density at radius 3 is 2.76 bits per heavy atom. The van der Waals surface area contributed by atoms with Crippen molar-refractivity contribution in [3.63, 3.8) is 0 Å². The lowest BCUT2D eigenvalue weighted by Crippen LogP contribution is -2.35. The van der Waals surface area contributed by atoms with Gasteiger partial charge in [0.2, 0.25) is 5.95 Å². The third-order valence-electron chi connectivity index (χ3n) is 4.37. The van der Waals surface area contributed by atoms with Crippen molar-refractivity contribution in [3.05, 3.63) is 53.4 Å². The molecule has 0 saturated carbocycles. The van der Waals surface area contributed by atoms with Crippen LogP contribution in [0.1, 0.15) is 10.7 Å². The molecule has 1 aromatic carbocycles. The molecule has 4 rings (SSSR count). The van der Waals surface area contributed by atoms with Crippen molar-refractivity contribution >= 4 is 23.0 Å². The molecular weight excluding hydrogens is 403 g/mol. The first kappa shape index (κ1) is 19.7. The second-order valence-corrected chi connectivity index (χ2v) is 7.59. The summed E-state index contributed by atoms with van der Waals surface area (Å²) in [6.45, 7) is 4.05. The molecule has 1 N–H and O–H groups in total. The first-order valence-electron chi connectivity index (χ1n) is 9.00. The summed E-state index contributed by atoms with van der Waals surface area (Å²) in [5.74, 6) is -0.103.